The Balaban J connectivity index is 1.77. The van der Waals surface area contributed by atoms with Gasteiger partial charge in [0.05, 0.1) is 6.10 Å². The van der Waals surface area contributed by atoms with Crippen molar-refractivity contribution in [3.63, 3.8) is 0 Å². The van der Waals surface area contributed by atoms with Crippen LogP contribution in [0.5, 0.6) is 0 Å². The van der Waals surface area contributed by atoms with Gasteiger partial charge in [-0.15, -0.1) is 0 Å². The minimum Gasteiger partial charge on any atom is -0.391 e. The van der Waals surface area contributed by atoms with Crippen LogP contribution in [0.25, 0.3) is 6.08 Å². The summed E-state index contributed by atoms with van der Waals surface area (Å²) >= 11 is 0. The maximum Gasteiger partial charge on any atom is 0.244 e. The van der Waals surface area contributed by atoms with Crippen molar-refractivity contribution in [3.05, 3.63) is 41.7 Å². The van der Waals surface area contributed by atoms with Crippen LogP contribution in [0.3, 0.4) is 0 Å². The quantitative estimate of drug-likeness (QED) is 0.781. The smallest absolute Gasteiger partial charge is 0.244 e. The summed E-state index contributed by atoms with van der Waals surface area (Å²) in [6.45, 7) is 0.289. The summed E-state index contributed by atoms with van der Waals surface area (Å²) in [5.74, 6) is -0.199. The van der Waals surface area contributed by atoms with Gasteiger partial charge in [0.2, 0.25) is 5.91 Å². The molecule has 1 amide bonds. The third-order valence-electron chi connectivity index (χ3n) is 2.95. The van der Waals surface area contributed by atoms with Gasteiger partial charge in [-0.1, -0.05) is 12.1 Å². The molecule has 1 aliphatic rings. The van der Waals surface area contributed by atoms with Crippen molar-refractivity contribution in [1.82, 2.24) is 5.32 Å². The van der Waals surface area contributed by atoms with Crippen molar-refractivity contribution in [2.45, 2.75) is 18.9 Å². The number of hydrogen-bond donors (Lipinski definition) is 2. The van der Waals surface area contributed by atoms with Crippen LogP contribution in [0.2, 0.25) is 0 Å². The van der Waals surface area contributed by atoms with Crippen LogP contribution < -0.4 is 5.32 Å². The Labute approximate surface area is 105 Å². The fourth-order valence-corrected chi connectivity index (χ4v) is 1.66. The summed E-state index contributed by atoms with van der Waals surface area (Å²) in [7, 11) is 0. The number of hydrogen-bond acceptors (Lipinski definition) is 2. The zero-order chi connectivity index (χ0) is 13.0. The highest BCUT2D eigenvalue weighted by Crippen LogP contribution is 2.32. The predicted molar refractivity (Wildman–Crippen MR) is 67.2 cm³/mol. The van der Waals surface area contributed by atoms with Crippen molar-refractivity contribution in [3.8, 4) is 0 Å². The van der Waals surface area contributed by atoms with Gasteiger partial charge in [0.15, 0.2) is 0 Å². The van der Waals surface area contributed by atoms with Gasteiger partial charge in [0, 0.05) is 12.6 Å². The first-order valence-electron chi connectivity index (χ1n) is 6.04. The second-order valence-corrected chi connectivity index (χ2v) is 4.53. The Bertz CT molecular complexity index is 438. The van der Waals surface area contributed by atoms with Gasteiger partial charge in [0.25, 0.3) is 0 Å². The van der Waals surface area contributed by atoms with E-state index >= 15 is 0 Å². The maximum absolute atomic E-state index is 12.6. The molecule has 1 saturated carbocycles. The molecule has 3 nitrogen and oxygen atoms in total. The van der Waals surface area contributed by atoms with Crippen LogP contribution in [0.4, 0.5) is 4.39 Å². The number of carbonyl (C=O) groups is 1. The summed E-state index contributed by atoms with van der Waals surface area (Å²) in [5, 5.41) is 12.2. The number of rotatable bonds is 5. The monoisotopic (exact) mass is 249 g/mol. The molecule has 0 radical (unpaired) electrons. The fourth-order valence-electron chi connectivity index (χ4n) is 1.66. The lowest BCUT2D eigenvalue weighted by atomic mass is 10.2. The predicted octanol–water partition coefficient (Wildman–Crippen LogP) is 1.73. The van der Waals surface area contributed by atoms with Crippen LogP contribution in [-0.4, -0.2) is 23.7 Å². The van der Waals surface area contributed by atoms with Crippen LogP contribution in [0, 0.1) is 11.7 Å². The number of nitrogens with one attached hydrogen (secondary N) is 1. The highest BCUT2D eigenvalue weighted by Gasteiger charge is 2.29. The summed E-state index contributed by atoms with van der Waals surface area (Å²) in [6.07, 6.45) is 4.64. The summed E-state index contributed by atoms with van der Waals surface area (Å²) in [4.78, 5) is 11.4. The Kier molecular flexibility index (Phi) is 4.10. The third-order valence-corrected chi connectivity index (χ3v) is 2.95. The molecule has 96 valence electrons. The van der Waals surface area contributed by atoms with Crippen molar-refractivity contribution in [2.24, 2.45) is 5.92 Å². The number of aliphatic hydroxyl groups is 1. The highest BCUT2D eigenvalue weighted by atomic mass is 19.1. The second kappa shape index (κ2) is 5.78. The van der Waals surface area contributed by atoms with Gasteiger partial charge in [-0.25, -0.2) is 4.39 Å². The molecular formula is C14H16FNO2. The zero-order valence-corrected chi connectivity index (χ0v) is 9.97. The van der Waals surface area contributed by atoms with Gasteiger partial charge in [-0.3, -0.25) is 4.79 Å². The number of halogens is 1. The number of benzene rings is 1. The van der Waals surface area contributed by atoms with E-state index in [2.05, 4.69) is 5.32 Å². The number of aliphatic hydroxyl groups excluding tert-OH is 1. The first kappa shape index (κ1) is 12.8. The molecule has 0 heterocycles. The van der Waals surface area contributed by atoms with E-state index in [1.165, 1.54) is 18.2 Å². The molecule has 0 saturated heterocycles. The minimum atomic E-state index is -0.437. The van der Waals surface area contributed by atoms with E-state index in [-0.39, 0.29) is 18.3 Å². The SMILES string of the molecule is O=C(C=Cc1ccc(F)cc1)NCC(O)C1CC1. The molecular weight excluding hydrogens is 233 g/mol. The molecule has 1 aromatic rings. The third kappa shape index (κ3) is 3.96. The Hall–Kier alpha value is -1.68. The standard InChI is InChI=1S/C14H16FNO2/c15-12-6-1-10(2-7-12)3-8-14(18)16-9-13(17)11-4-5-11/h1-3,6-8,11,13,17H,4-5,9H2,(H,16,18). The van der Waals surface area contributed by atoms with E-state index in [9.17, 15) is 14.3 Å². The zero-order valence-electron chi connectivity index (χ0n) is 9.97. The van der Waals surface area contributed by atoms with Crippen LogP contribution in [-0.2, 0) is 4.79 Å². The van der Waals surface area contributed by atoms with Crippen molar-refractivity contribution >= 4 is 12.0 Å². The van der Waals surface area contributed by atoms with E-state index in [4.69, 9.17) is 0 Å². The molecule has 0 spiro atoms. The normalized spacial score (nSPS) is 16.8. The maximum atomic E-state index is 12.6. The molecule has 1 atom stereocenters. The molecule has 2 N–H and O–H groups in total. The molecule has 1 aliphatic carbocycles. The number of amides is 1. The lowest BCUT2D eigenvalue weighted by molar-refractivity contribution is -0.116. The van der Waals surface area contributed by atoms with Crippen molar-refractivity contribution in [1.29, 1.82) is 0 Å². The van der Waals surface area contributed by atoms with Gasteiger partial charge >= 0.3 is 0 Å². The number of carbonyl (C=O) groups excluding carboxylic acids is 1. The Morgan fingerprint density at radius 1 is 1.44 bits per heavy atom. The average molecular weight is 249 g/mol. The van der Waals surface area contributed by atoms with Gasteiger partial charge in [0.1, 0.15) is 5.82 Å². The van der Waals surface area contributed by atoms with Gasteiger partial charge in [-0.05, 0) is 42.5 Å². The molecule has 18 heavy (non-hydrogen) atoms. The largest absolute Gasteiger partial charge is 0.391 e. The first-order valence-corrected chi connectivity index (χ1v) is 6.04. The highest BCUT2D eigenvalue weighted by molar-refractivity contribution is 5.91. The first-order chi connectivity index (χ1) is 8.65. The average Bonchev–Trinajstić information content (AvgIpc) is 3.19. The molecule has 0 bridgehead atoms. The second-order valence-electron chi connectivity index (χ2n) is 4.53. The van der Waals surface area contributed by atoms with Crippen LogP contribution in [0.15, 0.2) is 30.3 Å². The Morgan fingerprint density at radius 2 is 2.11 bits per heavy atom. The van der Waals surface area contributed by atoms with Crippen LogP contribution >= 0.6 is 0 Å². The minimum absolute atomic E-state index is 0.251. The Morgan fingerprint density at radius 3 is 2.72 bits per heavy atom. The molecule has 0 aliphatic heterocycles. The van der Waals surface area contributed by atoms with Crippen molar-refractivity contribution < 1.29 is 14.3 Å². The summed E-state index contributed by atoms with van der Waals surface area (Å²) in [6, 6.07) is 5.87. The molecule has 1 aromatic carbocycles. The summed E-state index contributed by atoms with van der Waals surface area (Å²) in [5.41, 5.74) is 0.759. The van der Waals surface area contributed by atoms with E-state index in [1.54, 1.807) is 18.2 Å². The molecule has 4 heteroatoms. The van der Waals surface area contributed by atoms with E-state index < -0.39 is 6.10 Å². The fraction of sp³-hybridized carbons (Fsp3) is 0.357. The molecule has 1 unspecified atom stereocenters. The van der Waals surface area contributed by atoms with Crippen LogP contribution in [0.1, 0.15) is 18.4 Å². The molecule has 1 fully saturated rings. The van der Waals surface area contributed by atoms with Gasteiger partial charge < -0.3 is 10.4 Å². The summed E-state index contributed by atoms with van der Waals surface area (Å²) < 4.78 is 12.6. The molecule has 0 aromatic heterocycles. The van der Waals surface area contributed by atoms with E-state index in [0.29, 0.717) is 5.92 Å². The lowest BCUT2D eigenvalue weighted by Gasteiger charge is -2.08. The van der Waals surface area contributed by atoms with Crippen molar-refractivity contribution in [2.75, 3.05) is 6.54 Å². The topological polar surface area (TPSA) is 49.3 Å². The molecule has 2 rings (SSSR count). The van der Waals surface area contributed by atoms with Gasteiger partial charge in [-0.2, -0.15) is 0 Å². The lowest BCUT2D eigenvalue weighted by Crippen LogP contribution is -2.31. The van der Waals surface area contributed by atoms with E-state index in [0.717, 1.165) is 18.4 Å². The van der Waals surface area contributed by atoms with E-state index in [1.807, 2.05) is 0 Å².